The lowest BCUT2D eigenvalue weighted by atomic mass is 10.1. The van der Waals surface area contributed by atoms with Gasteiger partial charge in [-0.15, -0.1) is 0 Å². The van der Waals surface area contributed by atoms with Crippen LogP contribution >= 0.6 is 11.3 Å². The summed E-state index contributed by atoms with van der Waals surface area (Å²) in [4.78, 5) is 35.1. The second-order valence-corrected chi connectivity index (χ2v) is 6.32. The molecule has 1 aromatic heterocycles. The highest BCUT2D eigenvalue weighted by Gasteiger charge is 2.11. The molecule has 0 atom stereocenters. The second kappa shape index (κ2) is 8.98. The number of hydrogen-bond donors (Lipinski definition) is 2. The van der Waals surface area contributed by atoms with Gasteiger partial charge in [0.25, 0.3) is 5.91 Å². The molecule has 1 heterocycles. The molecule has 0 saturated heterocycles. The van der Waals surface area contributed by atoms with Crippen LogP contribution in [0.1, 0.15) is 16.7 Å². The van der Waals surface area contributed by atoms with Crippen LogP contribution in [0.25, 0.3) is 0 Å². The Kier molecular flexibility index (Phi) is 6.71. The largest absolute Gasteiger partial charge is 0.455 e. The maximum absolute atomic E-state index is 11.9. The summed E-state index contributed by atoms with van der Waals surface area (Å²) >= 11 is 1.49. The van der Waals surface area contributed by atoms with Crippen LogP contribution in [0.4, 0.5) is 5.69 Å². The maximum atomic E-state index is 11.9. The topological polar surface area (TPSA) is 84.5 Å². The fraction of sp³-hybridized carbons (Fsp3) is 0.278. The fourth-order valence-electron chi connectivity index (χ4n) is 2.07. The van der Waals surface area contributed by atoms with Crippen molar-refractivity contribution in [1.82, 2.24) is 5.32 Å². The van der Waals surface area contributed by atoms with Gasteiger partial charge in [-0.2, -0.15) is 11.3 Å². The van der Waals surface area contributed by atoms with Gasteiger partial charge < -0.3 is 15.4 Å². The number of hydrogen-bond acceptors (Lipinski definition) is 5. The Hall–Kier alpha value is -2.67. The fourth-order valence-corrected chi connectivity index (χ4v) is 2.74. The molecule has 0 fully saturated rings. The number of nitrogens with one attached hydrogen (secondary N) is 2. The van der Waals surface area contributed by atoms with E-state index in [0.29, 0.717) is 5.69 Å². The highest BCUT2D eigenvalue weighted by atomic mass is 32.1. The molecule has 132 valence electrons. The van der Waals surface area contributed by atoms with Gasteiger partial charge in [-0.05, 0) is 53.4 Å². The molecule has 6 nitrogen and oxygen atoms in total. The zero-order chi connectivity index (χ0) is 18.2. The van der Waals surface area contributed by atoms with E-state index in [-0.39, 0.29) is 18.9 Å². The monoisotopic (exact) mass is 360 g/mol. The quantitative estimate of drug-likeness (QED) is 0.742. The number of carbonyl (C=O) groups is 3. The van der Waals surface area contributed by atoms with E-state index in [2.05, 4.69) is 10.6 Å². The van der Waals surface area contributed by atoms with E-state index in [9.17, 15) is 14.4 Å². The molecule has 2 amide bonds. The molecule has 0 saturated carbocycles. The van der Waals surface area contributed by atoms with Crippen LogP contribution in [-0.2, 0) is 25.5 Å². The summed E-state index contributed by atoms with van der Waals surface area (Å²) in [5.74, 6) is -1.34. The van der Waals surface area contributed by atoms with Crippen molar-refractivity contribution < 1.29 is 19.1 Å². The second-order valence-electron chi connectivity index (χ2n) is 5.54. The van der Waals surface area contributed by atoms with Crippen molar-refractivity contribution in [2.45, 2.75) is 20.3 Å². The molecule has 0 unspecified atom stereocenters. The van der Waals surface area contributed by atoms with E-state index in [4.69, 9.17) is 4.74 Å². The molecule has 0 aliphatic rings. The summed E-state index contributed by atoms with van der Waals surface area (Å²) in [6, 6.07) is 7.43. The van der Waals surface area contributed by atoms with Gasteiger partial charge in [-0.25, -0.2) is 0 Å². The van der Waals surface area contributed by atoms with Gasteiger partial charge in [0, 0.05) is 5.69 Å². The number of ether oxygens (including phenoxy) is 1. The number of anilines is 1. The SMILES string of the molecule is Cc1cccc(NC(=O)CNC(=O)COC(=O)Cc2ccsc2)c1C. The Morgan fingerprint density at radius 2 is 1.92 bits per heavy atom. The van der Waals surface area contributed by atoms with Crippen LogP contribution in [0, 0.1) is 13.8 Å². The number of benzene rings is 1. The minimum absolute atomic E-state index is 0.129. The average molecular weight is 360 g/mol. The maximum Gasteiger partial charge on any atom is 0.310 e. The van der Waals surface area contributed by atoms with Gasteiger partial charge in [0.15, 0.2) is 6.61 Å². The molecule has 2 N–H and O–H groups in total. The molecule has 0 aliphatic carbocycles. The van der Waals surface area contributed by atoms with Crippen LogP contribution in [0.3, 0.4) is 0 Å². The van der Waals surface area contributed by atoms with E-state index in [1.54, 1.807) is 6.07 Å². The Morgan fingerprint density at radius 3 is 2.64 bits per heavy atom. The Balaban J connectivity index is 1.69. The zero-order valence-electron chi connectivity index (χ0n) is 14.1. The van der Waals surface area contributed by atoms with Crippen molar-refractivity contribution in [3.63, 3.8) is 0 Å². The number of rotatable bonds is 7. The summed E-state index contributed by atoms with van der Waals surface area (Å²) in [5.41, 5.74) is 3.61. The summed E-state index contributed by atoms with van der Waals surface area (Å²) in [7, 11) is 0. The Labute approximate surface area is 150 Å². The molecule has 0 radical (unpaired) electrons. The number of carbonyl (C=O) groups excluding carboxylic acids is 3. The third-order valence-electron chi connectivity index (χ3n) is 3.62. The van der Waals surface area contributed by atoms with Crippen molar-refractivity contribution >= 4 is 34.8 Å². The minimum Gasteiger partial charge on any atom is -0.455 e. The zero-order valence-corrected chi connectivity index (χ0v) is 14.9. The van der Waals surface area contributed by atoms with Crippen LogP contribution < -0.4 is 10.6 Å². The lowest BCUT2D eigenvalue weighted by Crippen LogP contribution is -2.35. The van der Waals surface area contributed by atoms with E-state index in [1.165, 1.54) is 11.3 Å². The van der Waals surface area contributed by atoms with Crippen LogP contribution in [-0.4, -0.2) is 30.9 Å². The van der Waals surface area contributed by atoms with Gasteiger partial charge in [0.2, 0.25) is 5.91 Å². The first-order valence-corrected chi connectivity index (χ1v) is 8.69. The summed E-state index contributed by atoms with van der Waals surface area (Å²) in [5, 5.41) is 8.88. The molecule has 0 spiro atoms. The van der Waals surface area contributed by atoms with E-state index >= 15 is 0 Å². The number of aryl methyl sites for hydroxylation is 1. The smallest absolute Gasteiger partial charge is 0.310 e. The first-order chi connectivity index (χ1) is 12.0. The summed E-state index contributed by atoms with van der Waals surface area (Å²) in [6.07, 6.45) is 0.129. The molecule has 7 heteroatoms. The molecule has 2 aromatic rings. The van der Waals surface area contributed by atoms with Crippen molar-refractivity contribution in [3.8, 4) is 0 Å². The van der Waals surface area contributed by atoms with E-state index in [0.717, 1.165) is 16.7 Å². The third-order valence-corrected chi connectivity index (χ3v) is 4.35. The van der Waals surface area contributed by atoms with Gasteiger partial charge >= 0.3 is 5.97 Å². The summed E-state index contributed by atoms with van der Waals surface area (Å²) < 4.78 is 4.88. The molecule has 0 aliphatic heterocycles. The Morgan fingerprint density at radius 1 is 1.12 bits per heavy atom. The molecule has 2 rings (SSSR count). The standard InChI is InChI=1S/C18H20N2O4S/c1-12-4-3-5-15(13(12)2)20-16(21)9-19-17(22)10-24-18(23)8-14-6-7-25-11-14/h3-7,11H,8-10H2,1-2H3,(H,19,22)(H,20,21). The first-order valence-electron chi connectivity index (χ1n) is 7.75. The van der Waals surface area contributed by atoms with E-state index < -0.39 is 18.5 Å². The predicted octanol–water partition coefficient (Wildman–Crippen LogP) is 2.21. The average Bonchev–Trinajstić information content (AvgIpc) is 3.08. The molecule has 0 bridgehead atoms. The highest BCUT2D eigenvalue weighted by molar-refractivity contribution is 7.07. The van der Waals surface area contributed by atoms with Crippen molar-refractivity contribution in [2.75, 3.05) is 18.5 Å². The van der Waals surface area contributed by atoms with Crippen LogP contribution in [0.15, 0.2) is 35.0 Å². The highest BCUT2D eigenvalue weighted by Crippen LogP contribution is 2.17. The van der Waals surface area contributed by atoms with Crippen molar-refractivity contribution in [2.24, 2.45) is 0 Å². The number of esters is 1. The van der Waals surface area contributed by atoms with Gasteiger partial charge in [-0.3, -0.25) is 14.4 Å². The van der Waals surface area contributed by atoms with Crippen molar-refractivity contribution in [1.29, 1.82) is 0 Å². The lowest BCUT2D eigenvalue weighted by Gasteiger charge is -2.11. The van der Waals surface area contributed by atoms with Crippen LogP contribution in [0.2, 0.25) is 0 Å². The molecular formula is C18H20N2O4S. The van der Waals surface area contributed by atoms with Crippen molar-refractivity contribution in [3.05, 3.63) is 51.7 Å². The minimum atomic E-state index is -0.519. The Bertz CT molecular complexity index is 756. The van der Waals surface area contributed by atoms with Gasteiger partial charge in [0.1, 0.15) is 0 Å². The summed E-state index contributed by atoms with van der Waals surface area (Å²) in [6.45, 7) is 3.28. The van der Waals surface area contributed by atoms with Gasteiger partial charge in [0.05, 0.1) is 13.0 Å². The molecular weight excluding hydrogens is 340 g/mol. The molecule has 25 heavy (non-hydrogen) atoms. The predicted molar refractivity (Wildman–Crippen MR) is 96.5 cm³/mol. The van der Waals surface area contributed by atoms with Crippen LogP contribution in [0.5, 0.6) is 0 Å². The first kappa shape index (κ1) is 18.7. The van der Waals surface area contributed by atoms with Gasteiger partial charge in [-0.1, -0.05) is 12.1 Å². The molecule has 1 aromatic carbocycles. The number of thiophene rings is 1. The lowest BCUT2D eigenvalue weighted by molar-refractivity contribution is -0.147. The third kappa shape index (κ3) is 6.04. The number of amides is 2. The normalized spacial score (nSPS) is 10.2. The van der Waals surface area contributed by atoms with E-state index in [1.807, 2.05) is 42.8 Å².